The SMILES string of the molecule is CN(C)C(=O)CCc1ccc(NCC(=O)Nc2ccc(Cl)c(C(=O)NC3CCCCC3)c2)cc1. The molecule has 1 fully saturated rings. The summed E-state index contributed by atoms with van der Waals surface area (Å²) in [7, 11) is 3.50. The van der Waals surface area contributed by atoms with E-state index in [4.69, 9.17) is 11.6 Å². The molecule has 8 heteroatoms. The Hall–Kier alpha value is -3.06. The number of halogens is 1. The van der Waals surface area contributed by atoms with Crippen LogP contribution in [0.5, 0.6) is 0 Å². The van der Waals surface area contributed by atoms with Crippen molar-refractivity contribution >= 4 is 40.7 Å². The van der Waals surface area contributed by atoms with Gasteiger partial charge in [0.2, 0.25) is 11.8 Å². The molecule has 3 rings (SSSR count). The Morgan fingerprint density at radius 3 is 2.32 bits per heavy atom. The zero-order valence-corrected chi connectivity index (χ0v) is 20.6. The lowest BCUT2D eigenvalue weighted by atomic mass is 9.95. The monoisotopic (exact) mass is 484 g/mol. The molecule has 0 unspecified atom stereocenters. The third-order valence-electron chi connectivity index (χ3n) is 5.97. The summed E-state index contributed by atoms with van der Waals surface area (Å²) in [5, 5.41) is 9.31. The molecule has 0 aromatic heterocycles. The van der Waals surface area contributed by atoms with Crippen molar-refractivity contribution in [1.29, 1.82) is 0 Å². The lowest BCUT2D eigenvalue weighted by Crippen LogP contribution is -2.36. The van der Waals surface area contributed by atoms with Gasteiger partial charge in [-0.25, -0.2) is 0 Å². The molecule has 3 N–H and O–H groups in total. The van der Waals surface area contributed by atoms with Crippen LogP contribution < -0.4 is 16.0 Å². The molecule has 0 spiro atoms. The second-order valence-corrected chi connectivity index (χ2v) is 9.30. The molecule has 0 heterocycles. The molecule has 0 atom stereocenters. The first-order chi connectivity index (χ1) is 16.3. The number of nitrogens with one attached hydrogen (secondary N) is 3. The van der Waals surface area contributed by atoms with E-state index in [9.17, 15) is 14.4 Å². The van der Waals surface area contributed by atoms with Crippen LogP contribution >= 0.6 is 11.6 Å². The molecular weight excluding hydrogens is 452 g/mol. The van der Waals surface area contributed by atoms with E-state index in [1.807, 2.05) is 24.3 Å². The number of amides is 3. The average Bonchev–Trinajstić information content (AvgIpc) is 2.83. The highest BCUT2D eigenvalue weighted by molar-refractivity contribution is 6.34. The van der Waals surface area contributed by atoms with Crippen LogP contribution in [-0.4, -0.2) is 49.3 Å². The summed E-state index contributed by atoms with van der Waals surface area (Å²) >= 11 is 6.25. The number of nitrogens with zero attached hydrogens (tertiary/aromatic N) is 1. The van der Waals surface area contributed by atoms with Gasteiger partial charge in [0.25, 0.3) is 5.91 Å². The van der Waals surface area contributed by atoms with Gasteiger partial charge in [0.05, 0.1) is 17.1 Å². The minimum atomic E-state index is -0.235. The summed E-state index contributed by atoms with van der Waals surface area (Å²) < 4.78 is 0. The molecule has 0 bridgehead atoms. The molecule has 1 aliphatic carbocycles. The quantitative estimate of drug-likeness (QED) is 0.489. The number of aryl methyl sites for hydroxylation is 1. The molecule has 0 saturated heterocycles. The first-order valence-electron chi connectivity index (χ1n) is 11.7. The van der Waals surface area contributed by atoms with Gasteiger partial charge >= 0.3 is 0 Å². The van der Waals surface area contributed by atoms with Crippen LogP contribution in [0.1, 0.15) is 54.4 Å². The summed E-state index contributed by atoms with van der Waals surface area (Å²) in [6, 6.07) is 12.8. The fraction of sp³-hybridized carbons (Fsp3) is 0.423. The predicted octanol–water partition coefficient (Wildman–Crippen LogP) is 4.47. The third-order valence-corrected chi connectivity index (χ3v) is 6.30. The van der Waals surface area contributed by atoms with Crippen molar-refractivity contribution < 1.29 is 14.4 Å². The van der Waals surface area contributed by atoms with Gasteiger partial charge in [-0.3, -0.25) is 14.4 Å². The molecular formula is C26H33ClN4O3. The minimum absolute atomic E-state index is 0.0741. The molecule has 1 aliphatic rings. The maximum atomic E-state index is 12.7. The molecule has 34 heavy (non-hydrogen) atoms. The van der Waals surface area contributed by atoms with Gasteiger partial charge in [-0.2, -0.15) is 0 Å². The predicted molar refractivity (Wildman–Crippen MR) is 136 cm³/mol. The molecule has 7 nitrogen and oxygen atoms in total. The highest BCUT2D eigenvalue weighted by Crippen LogP contribution is 2.23. The van der Waals surface area contributed by atoms with Gasteiger partial charge in [0, 0.05) is 37.9 Å². The van der Waals surface area contributed by atoms with Gasteiger partial charge in [0.15, 0.2) is 0 Å². The maximum absolute atomic E-state index is 12.7. The van der Waals surface area contributed by atoms with Crippen molar-refractivity contribution in [2.45, 2.75) is 51.0 Å². The van der Waals surface area contributed by atoms with Crippen molar-refractivity contribution in [3.8, 4) is 0 Å². The van der Waals surface area contributed by atoms with Gasteiger partial charge in [-0.15, -0.1) is 0 Å². The average molecular weight is 485 g/mol. The van der Waals surface area contributed by atoms with E-state index >= 15 is 0 Å². The number of hydrogen-bond donors (Lipinski definition) is 3. The molecule has 0 radical (unpaired) electrons. The summed E-state index contributed by atoms with van der Waals surface area (Å²) in [5.41, 5.74) is 2.75. The first kappa shape index (κ1) is 25.6. The second kappa shape index (κ2) is 12.4. The largest absolute Gasteiger partial charge is 0.376 e. The smallest absolute Gasteiger partial charge is 0.253 e. The van der Waals surface area contributed by atoms with Gasteiger partial charge in [0.1, 0.15) is 0 Å². The van der Waals surface area contributed by atoms with Crippen LogP contribution in [0.4, 0.5) is 11.4 Å². The number of hydrogen-bond acceptors (Lipinski definition) is 4. The number of carbonyl (C=O) groups is 3. The molecule has 2 aromatic carbocycles. The van der Waals surface area contributed by atoms with Crippen molar-refractivity contribution in [2.75, 3.05) is 31.3 Å². The van der Waals surface area contributed by atoms with Crippen LogP contribution in [0, 0.1) is 0 Å². The number of anilines is 2. The summed E-state index contributed by atoms with van der Waals surface area (Å²) in [6.07, 6.45) is 6.57. The van der Waals surface area contributed by atoms with Crippen molar-refractivity contribution in [1.82, 2.24) is 10.2 Å². The van der Waals surface area contributed by atoms with E-state index in [2.05, 4.69) is 16.0 Å². The normalized spacial score (nSPS) is 13.7. The minimum Gasteiger partial charge on any atom is -0.376 e. The van der Waals surface area contributed by atoms with E-state index < -0.39 is 0 Å². The molecule has 3 amide bonds. The van der Waals surface area contributed by atoms with E-state index in [0.29, 0.717) is 29.1 Å². The molecule has 2 aromatic rings. The Morgan fingerprint density at radius 2 is 1.65 bits per heavy atom. The highest BCUT2D eigenvalue weighted by Gasteiger charge is 2.19. The van der Waals surface area contributed by atoms with E-state index in [1.54, 1.807) is 37.2 Å². The van der Waals surface area contributed by atoms with Gasteiger partial charge < -0.3 is 20.9 Å². The Labute approximate surface area is 206 Å². The Balaban J connectivity index is 1.49. The van der Waals surface area contributed by atoms with Crippen LogP contribution in [0.3, 0.4) is 0 Å². The third kappa shape index (κ3) is 7.76. The van der Waals surface area contributed by atoms with Crippen LogP contribution in [-0.2, 0) is 16.0 Å². The Bertz CT molecular complexity index is 1000. The number of carbonyl (C=O) groups excluding carboxylic acids is 3. The van der Waals surface area contributed by atoms with Gasteiger partial charge in [-0.1, -0.05) is 43.0 Å². The summed E-state index contributed by atoms with van der Waals surface area (Å²) in [6.45, 7) is 0.0741. The zero-order chi connectivity index (χ0) is 24.5. The fourth-order valence-corrected chi connectivity index (χ4v) is 4.14. The van der Waals surface area contributed by atoms with Crippen LogP contribution in [0.15, 0.2) is 42.5 Å². The van der Waals surface area contributed by atoms with Crippen molar-refractivity contribution in [3.63, 3.8) is 0 Å². The lowest BCUT2D eigenvalue weighted by molar-refractivity contribution is -0.128. The highest BCUT2D eigenvalue weighted by atomic mass is 35.5. The Kier molecular flexibility index (Phi) is 9.33. The number of benzene rings is 2. The fourth-order valence-electron chi connectivity index (χ4n) is 3.94. The molecule has 0 aliphatic heterocycles. The Morgan fingerprint density at radius 1 is 0.971 bits per heavy atom. The second-order valence-electron chi connectivity index (χ2n) is 8.89. The number of rotatable bonds is 9. The van der Waals surface area contributed by atoms with E-state index in [1.165, 1.54) is 6.42 Å². The molecule has 1 saturated carbocycles. The first-order valence-corrected chi connectivity index (χ1v) is 12.1. The van der Waals surface area contributed by atoms with Crippen molar-refractivity contribution in [3.05, 3.63) is 58.6 Å². The van der Waals surface area contributed by atoms with E-state index in [0.717, 1.165) is 36.9 Å². The van der Waals surface area contributed by atoms with Crippen molar-refractivity contribution in [2.24, 2.45) is 0 Å². The zero-order valence-electron chi connectivity index (χ0n) is 19.8. The molecule has 182 valence electrons. The summed E-state index contributed by atoms with van der Waals surface area (Å²) in [5.74, 6) is -0.351. The maximum Gasteiger partial charge on any atom is 0.253 e. The van der Waals surface area contributed by atoms with E-state index in [-0.39, 0.29) is 30.3 Å². The van der Waals surface area contributed by atoms with Crippen LogP contribution in [0.2, 0.25) is 5.02 Å². The topological polar surface area (TPSA) is 90.5 Å². The van der Waals surface area contributed by atoms with Gasteiger partial charge in [-0.05, 0) is 55.2 Å². The van der Waals surface area contributed by atoms with Crippen LogP contribution in [0.25, 0.3) is 0 Å². The lowest BCUT2D eigenvalue weighted by Gasteiger charge is -2.23. The standard InChI is InChI=1S/C26H33ClN4O3/c1-31(2)25(33)15-10-18-8-11-19(12-9-18)28-17-24(32)29-21-13-14-23(27)22(16-21)26(34)30-20-6-4-3-5-7-20/h8-9,11-14,16,20,28H,3-7,10,15,17H2,1-2H3,(H,29,32)(H,30,34). The summed E-state index contributed by atoms with van der Waals surface area (Å²) in [4.78, 5) is 38.4.